The van der Waals surface area contributed by atoms with Crippen LogP contribution in [0.5, 0.6) is 0 Å². The molecule has 0 radical (unpaired) electrons. The summed E-state index contributed by atoms with van der Waals surface area (Å²) in [6.07, 6.45) is 0. The second-order valence-corrected chi connectivity index (χ2v) is 6.50. The molecule has 4 rings (SSSR count). The molecule has 0 saturated heterocycles. The van der Waals surface area contributed by atoms with Gasteiger partial charge in [0.25, 0.3) is 5.91 Å². The fraction of sp³-hybridized carbons (Fsp3) is 0.111. The van der Waals surface area contributed by atoms with Crippen LogP contribution in [0.3, 0.4) is 0 Å². The maximum atomic E-state index is 12.5. The van der Waals surface area contributed by atoms with Crippen LogP contribution < -0.4 is 5.32 Å². The highest BCUT2D eigenvalue weighted by Gasteiger charge is 2.18. The highest BCUT2D eigenvalue weighted by atomic mass is 79.9. The molecule has 5 nitrogen and oxygen atoms in total. The summed E-state index contributed by atoms with van der Waals surface area (Å²) in [5.74, 6) is 0.792. The molecule has 0 aliphatic rings. The zero-order valence-electron chi connectivity index (χ0n) is 12.9. The Hall–Kier alpha value is -2.60. The minimum Gasteiger partial charge on any atom is -0.451 e. The topological polar surface area (TPSA) is 70.9 Å². The van der Waals surface area contributed by atoms with E-state index in [4.69, 9.17) is 4.42 Å². The molecule has 0 aliphatic carbocycles. The van der Waals surface area contributed by atoms with E-state index in [2.05, 4.69) is 31.2 Å². The van der Waals surface area contributed by atoms with Gasteiger partial charge >= 0.3 is 0 Å². The number of imidazole rings is 1. The number of furan rings is 1. The van der Waals surface area contributed by atoms with Gasteiger partial charge in [0.05, 0.1) is 17.6 Å². The van der Waals surface area contributed by atoms with Crippen LogP contribution in [0.25, 0.3) is 22.0 Å². The third-order valence-electron chi connectivity index (χ3n) is 3.96. The van der Waals surface area contributed by atoms with Crippen LogP contribution in [-0.2, 0) is 6.54 Å². The van der Waals surface area contributed by atoms with Gasteiger partial charge in [-0.3, -0.25) is 4.79 Å². The quantitative estimate of drug-likeness (QED) is 0.553. The number of amides is 1. The average molecular weight is 384 g/mol. The SMILES string of the molecule is Cc1c(C(=O)NCc2nc3ccccc3[nH]2)oc2ccc(Br)cc12. The Kier molecular flexibility index (Phi) is 3.61. The molecule has 2 aromatic carbocycles. The van der Waals surface area contributed by atoms with E-state index in [1.54, 1.807) is 0 Å². The Bertz CT molecular complexity index is 1030. The molecule has 120 valence electrons. The molecule has 2 aromatic heterocycles. The summed E-state index contributed by atoms with van der Waals surface area (Å²) in [7, 11) is 0. The zero-order chi connectivity index (χ0) is 16.7. The molecule has 24 heavy (non-hydrogen) atoms. The lowest BCUT2D eigenvalue weighted by atomic mass is 10.1. The third-order valence-corrected chi connectivity index (χ3v) is 4.45. The number of fused-ring (bicyclic) bond motifs is 2. The van der Waals surface area contributed by atoms with Crippen LogP contribution >= 0.6 is 15.9 Å². The monoisotopic (exact) mass is 383 g/mol. The molecule has 0 fully saturated rings. The van der Waals surface area contributed by atoms with E-state index in [0.717, 1.165) is 26.5 Å². The number of hydrogen-bond acceptors (Lipinski definition) is 3. The summed E-state index contributed by atoms with van der Waals surface area (Å²) < 4.78 is 6.65. The summed E-state index contributed by atoms with van der Waals surface area (Å²) in [5.41, 5.74) is 3.36. The summed E-state index contributed by atoms with van der Waals surface area (Å²) in [6.45, 7) is 2.20. The summed E-state index contributed by atoms with van der Waals surface area (Å²) in [4.78, 5) is 20.1. The number of aromatic nitrogens is 2. The molecule has 2 heterocycles. The number of nitrogens with one attached hydrogen (secondary N) is 2. The molecule has 0 spiro atoms. The number of nitrogens with zero attached hydrogens (tertiary/aromatic N) is 1. The van der Waals surface area contributed by atoms with Gasteiger partial charge in [-0.25, -0.2) is 4.98 Å². The second kappa shape index (κ2) is 5.79. The van der Waals surface area contributed by atoms with Crippen molar-refractivity contribution in [3.63, 3.8) is 0 Å². The number of H-pyrrole nitrogens is 1. The van der Waals surface area contributed by atoms with E-state index < -0.39 is 0 Å². The molecule has 0 aliphatic heterocycles. The average Bonchev–Trinajstić information content (AvgIpc) is 3.14. The summed E-state index contributed by atoms with van der Waals surface area (Å²) in [5, 5.41) is 3.78. The molecular formula is C18H14BrN3O2. The molecule has 0 bridgehead atoms. The number of aromatic amines is 1. The van der Waals surface area contributed by atoms with Crippen molar-refractivity contribution < 1.29 is 9.21 Å². The van der Waals surface area contributed by atoms with Gasteiger partial charge in [0.15, 0.2) is 5.76 Å². The van der Waals surface area contributed by atoms with Crippen molar-refractivity contribution >= 4 is 43.8 Å². The second-order valence-electron chi connectivity index (χ2n) is 5.58. The number of aryl methyl sites for hydroxylation is 1. The van der Waals surface area contributed by atoms with Crippen molar-refractivity contribution in [2.75, 3.05) is 0 Å². The fourth-order valence-electron chi connectivity index (χ4n) is 2.74. The van der Waals surface area contributed by atoms with Gasteiger partial charge < -0.3 is 14.7 Å². The lowest BCUT2D eigenvalue weighted by Gasteiger charge is -2.01. The van der Waals surface area contributed by atoms with Crippen LogP contribution in [0, 0.1) is 6.92 Å². The van der Waals surface area contributed by atoms with Crippen molar-refractivity contribution in [2.45, 2.75) is 13.5 Å². The lowest BCUT2D eigenvalue weighted by Crippen LogP contribution is -2.23. The smallest absolute Gasteiger partial charge is 0.287 e. The molecule has 0 unspecified atom stereocenters. The Morgan fingerprint density at radius 3 is 2.96 bits per heavy atom. The Balaban J connectivity index is 1.56. The van der Waals surface area contributed by atoms with Gasteiger partial charge in [0.2, 0.25) is 0 Å². The summed E-state index contributed by atoms with van der Waals surface area (Å²) in [6, 6.07) is 13.4. The maximum Gasteiger partial charge on any atom is 0.287 e. The summed E-state index contributed by atoms with van der Waals surface area (Å²) >= 11 is 3.44. The molecule has 0 atom stereocenters. The van der Waals surface area contributed by atoms with Gasteiger partial charge in [0.1, 0.15) is 11.4 Å². The van der Waals surface area contributed by atoms with Crippen molar-refractivity contribution in [2.24, 2.45) is 0 Å². The largest absolute Gasteiger partial charge is 0.451 e. The van der Waals surface area contributed by atoms with Crippen molar-refractivity contribution in [1.82, 2.24) is 15.3 Å². The Morgan fingerprint density at radius 2 is 2.12 bits per heavy atom. The van der Waals surface area contributed by atoms with E-state index in [1.165, 1.54) is 0 Å². The van der Waals surface area contributed by atoms with Crippen molar-refractivity contribution in [3.8, 4) is 0 Å². The number of para-hydroxylation sites is 2. The fourth-order valence-corrected chi connectivity index (χ4v) is 3.10. The van der Waals surface area contributed by atoms with Gasteiger partial charge in [-0.05, 0) is 37.3 Å². The first-order valence-electron chi connectivity index (χ1n) is 7.52. The van der Waals surface area contributed by atoms with Crippen LogP contribution in [-0.4, -0.2) is 15.9 Å². The lowest BCUT2D eigenvalue weighted by molar-refractivity contribution is 0.0923. The standard InChI is InChI=1S/C18H14BrN3O2/c1-10-12-8-11(19)6-7-15(12)24-17(10)18(23)20-9-16-21-13-4-2-3-5-14(13)22-16/h2-8H,9H2,1H3,(H,20,23)(H,21,22). The van der Waals surface area contributed by atoms with E-state index in [-0.39, 0.29) is 5.91 Å². The predicted octanol–water partition coefficient (Wildman–Crippen LogP) is 4.31. The van der Waals surface area contributed by atoms with Gasteiger partial charge in [-0.1, -0.05) is 28.1 Å². The molecule has 4 aromatic rings. The Labute approximate surface area is 146 Å². The van der Waals surface area contributed by atoms with Gasteiger partial charge in [-0.2, -0.15) is 0 Å². The maximum absolute atomic E-state index is 12.5. The number of halogens is 1. The number of benzene rings is 2. The van der Waals surface area contributed by atoms with Crippen LogP contribution in [0.4, 0.5) is 0 Å². The minimum atomic E-state index is -0.250. The van der Waals surface area contributed by atoms with Gasteiger partial charge in [-0.15, -0.1) is 0 Å². The predicted molar refractivity (Wildman–Crippen MR) is 95.9 cm³/mol. The first kappa shape index (κ1) is 15.0. The van der Waals surface area contributed by atoms with Crippen molar-refractivity contribution in [3.05, 3.63) is 64.1 Å². The number of carbonyl (C=O) groups excluding carboxylic acids is 1. The van der Waals surface area contributed by atoms with Crippen LogP contribution in [0.2, 0.25) is 0 Å². The first-order chi connectivity index (χ1) is 11.6. The van der Waals surface area contributed by atoms with E-state index >= 15 is 0 Å². The number of carbonyl (C=O) groups is 1. The third kappa shape index (κ3) is 2.59. The van der Waals surface area contributed by atoms with E-state index in [1.807, 2.05) is 49.4 Å². The molecule has 2 N–H and O–H groups in total. The van der Waals surface area contributed by atoms with E-state index in [9.17, 15) is 4.79 Å². The molecule has 0 saturated carbocycles. The zero-order valence-corrected chi connectivity index (χ0v) is 14.5. The van der Waals surface area contributed by atoms with E-state index in [0.29, 0.717) is 23.7 Å². The van der Waals surface area contributed by atoms with Crippen LogP contribution in [0.15, 0.2) is 51.4 Å². The molecule has 1 amide bonds. The highest BCUT2D eigenvalue weighted by molar-refractivity contribution is 9.10. The van der Waals surface area contributed by atoms with Crippen LogP contribution in [0.1, 0.15) is 21.9 Å². The number of hydrogen-bond donors (Lipinski definition) is 2. The highest BCUT2D eigenvalue weighted by Crippen LogP contribution is 2.28. The first-order valence-corrected chi connectivity index (χ1v) is 8.31. The van der Waals surface area contributed by atoms with Gasteiger partial charge in [0, 0.05) is 15.4 Å². The molecular weight excluding hydrogens is 370 g/mol. The number of rotatable bonds is 3. The Morgan fingerprint density at radius 1 is 1.29 bits per heavy atom. The molecule has 6 heteroatoms. The normalized spacial score (nSPS) is 11.2. The minimum absolute atomic E-state index is 0.250. The van der Waals surface area contributed by atoms with Crippen molar-refractivity contribution in [1.29, 1.82) is 0 Å².